The highest BCUT2D eigenvalue weighted by Crippen LogP contribution is 2.52. The van der Waals surface area contributed by atoms with Gasteiger partial charge in [0.05, 0.1) is 17.1 Å². The molecule has 0 amide bonds. The third-order valence-electron chi connectivity index (χ3n) is 8.02. The number of fused-ring (bicyclic) bond motifs is 3. The van der Waals surface area contributed by atoms with Crippen LogP contribution >= 0.6 is 11.8 Å². The zero-order valence-electron chi connectivity index (χ0n) is 23.5. The Hall–Kier alpha value is -5.25. The summed E-state index contributed by atoms with van der Waals surface area (Å²) in [5.41, 5.74) is 9.44. The molecule has 0 fully saturated rings. The summed E-state index contributed by atoms with van der Waals surface area (Å²) < 4.78 is 0. The van der Waals surface area contributed by atoms with E-state index in [9.17, 15) is 0 Å². The molecule has 8 rings (SSSR count). The van der Waals surface area contributed by atoms with E-state index in [0.29, 0.717) is 0 Å². The third-order valence-corrected chi connectivity index (χ3v) is 9.13. The average Bonchev–Trinajstić information content (AvgIpc) is 3.08. The van der Waals surface area contributed by atoms with E-state index >= 15 is 0 Å². The summed E-state index contributed by atoms with van der Waals surface area (Å²) in [6.45, 7) is 0. The molecule has 1 aliphatic rings. The first-order chi connectivity index (χ1) is 21.3. The molecule has 43 heavy (non-hydrogen) atoms. The first-order valence-corrected chi connectivity index (χ1v) is 15.3. The zero-order chi connectivity index (χ0) is 28.6. The summed E-state index contributed by atoms with van der Waals surface area (Å²) >= 11 is 1.84. The zero-order valence-corrected chi connectivity index (χ0v) is 24.3. The molecule has 0 saturated carbocycles. The van der Waals surface area contributed by atoms with Crippen molar-refractivity contribution in [2.24, 2.45) is 0 Å². The molecule has 0 aromatic heterocycles. The summed E-state index contributed by atoms with van der Waals surface area (Å²) in [4.78, 5) is 7.24. The molecule has 0 N–H and O–H groups in total. The minimum absolute atomic E-state index is 1.13. The molecule has 0 atom stereocenters. The quantitative estimate of drug-likeness (QED) is 0.204. The molecule has 7 aromatic carbocycles. The molecule has 0 radical (unpaired) electrons. The normalized spacial score (nSPS) is 12.0. The monoisotopic (exact) mass is 568 g/mol. The van der Waals surface area contributed by atoms with E-state index in [-0.39, 0.29) is 0 Å². The van der Waals surface area contributed by atoms with E-state index in [2.05, 4.69) is 180 Å². The number of hydrogen-bond donors (Lipinski definition) is 0. The topological polar surface area (TPSA) is 6.48 Å². The van der Waals surface area contributed by atoms with E-state index in [0.717, 1.165) is 11.4 Å². The van der Waals surface area contributed by atoms with Gasteiger partial charge in [0.1, 0.15) is 0 Å². The van der Waals surface area contributed by atoms with Gasteiger partial charge in [-0.05, 0) is 83.2 Å². The van der Waals surface area contributed by atoms with Crippen LogP contribution in [0.5, 0.6) is 0 Å². The van der Waals surface area contributed by atoms with Crippen molar-refractivity contribution in [2.45, 2.75) is 9.79 Å². The molecule has 0 saturated heterocycles. The molecule has 3 heteroatoms. The van der Waals surface area contributed by atoms with Gasteiger partial charge in [-0.25, -0.2) is 0 Å². The van der Waals surface area contributed by atoms with Crippen molar-refractivity contribution in [3.63, 3.8) is 0 Å². The van der Waals surface area contributed by atoms with Crippen molar-refractivity contribution in [3.8, 4) is 11.1 Å². The number of hydrogen-bond acceptors (Lipinski definition) is 3. The highest BCUT2D eigenvalue weighted by Gasteiger charge is 2.25. The number of para-hydroxylation sites is 3. The Morgan fingerprint density at radius 3 is 1.91 bits per heavy atom. The van der Waals surface area contributed by atoms with Crippen LogP contribution in [-0.4, -0.2) is 0 Å². The van der Waals surface area contributed by atoms with E-state index in [4.69, 9.17) is 0 Å². The Bertz CT molecular complexity index is 2050. The first kappa shape index (κ1) is 25.5. The van der Waals surface area contributed by atoms with Gasteiger partial charge in [0.25, 0.3) is 0 Å². The van der Waals surface area contributed by atoms with Crippen LogP contribution in [0.4, 0.5) is 34.1 Å². The number of anilines is 6. The second kappa shape index (κ2) is 10.9. The lowest BCUT2D eigenvalue weighted by molar-refractivity contribution is 1.17. The molecule has 0 bridgehead atoms. The fourth-order valence-electron chi connectivity index (χ4n) is 6.00. The Morgan fingerprint density at radius 2 is 1.07 bits per heavy atom. The second-order valence-corrected chi connectivity index (χ2v) is 11.7. The van der Waals surface area contributed by atoms with Crippen LogP contribution in [-0.2, 0) is 0 Å². The van der Waals surface area contributed by atoms with Crippen molar-refractivity contribution in [2.75, 3.05) is 9.80 Å². The summed E-state index contributed by atoms with van der Waals surface area (Å²) in [6.07, 6.45) is 0. The highest BCUT2D eigenvalue weighted by molar-refractivity contribution is 7.99. The van der Waals surface area contributed by atoms with Crippen molar-refractivity contribution in [1.29, 1.82) is 0 Å². The third kappa shape index (κ3) is 4.64. The molecule has 1 heterocycles. The first-order valence-electron chi connectivity index (χ1n) is 14.5. The Balaban J connectivity index is 1.19. The van der Waals surface area contributed by atoms with Crippen molar-refractivity contribution in [1.82, 2.24) is 0 Å². The van der Waals surface area contributed by atoms with Gasteiger partial charge in [0.2, 0.25) is 0 Å². The summed E-state index contributed by atoms with van der Waals surface area (Å²) in [5.74, 6) is 0. The minimum Gasteiger partial charge on any atom is -0.310 e. The van der Waals surface area contributed by atoms with Gasteiger partial charge >= 0.3 is 0 Å². The highest BCUT2D eigenvalue weighted by atomic mass is 32.2. The SMILES string of the molecule is c1ccc(N2c3ccccc3Sc3cc(-c4ccc(N(c5ccccc5)c5cccc6ccccc56)cc4)ccc32)cc1. The number of nitrogens with zero attached hydrogens (tertiary/aromatic N) is 2. The summed E-state index contributed by atoms with van der Waals surface area (Å²) in [7, 11) is 0. The van der Waals surface area contributed by atoms with Gasteiger partial charge in [0.15, 0.2) is 0 Å². The molecule has 7 aromatic rings. The molecule has 1 aliphatic heterocycles. The molecule has 2 nitrogen and oxygen atoms in total. The lowest BCUT2D eigenvalue weighted by Crippen LogP contribution is -2.14. The lowest BCUT2D eigenvalue weighted by atomic mass is 10.0. The van der Waals surface area contributed by atoms with Crippen molar-refractivity contribution >= 4 is 56.7 Å². The summed E-state index contributed by atoms with van der Waals surface area (Å²) in [6, 6.07) is 60.8. The summed E-state index contributed by atoms with van der Waals surface area (Å²) in [5, 5.41) is 2.46. The Labute approximate surface area is 256 Å². The largest absolute Gasteiger partial charge is 0.310 e. The predicted molar refractivity (Wildman–Crippen MR) is 183 cm³/mol. The molecule has 0 spiro atoms. The molecule has 0 unspecified atom stereocenters. The van der Waals surface area contributed by atoms with Crippen LogP contribution in [0.15, 0.2) is 180 Å². The standard InChI is InChI=1S/C40H28N2S/c1-3-14-32(15-4-1)41(36-20-11-13-30-12-7-8-18-35(30)36)34-25-22-29(23-26-34)31-24-27-38-40(28-31)43-39-21-10-9-19-37(39)42(38)33-16-5-2-6-17-33/h1-28H. The maximum Gasteiger partial charge on any atom is 0.0602 e. The number of rotatable bonds is 5. The van der Waals surface area contributed by atoms with Gasteiger partial charge < -0.3 is 9.80 Å². The molecule has 204 valence electrons. The van der Waals surface area contributed by atoms with Crippen LogP contribution in [0.1, 0.15) is 0 Å². The predicted octanol–water partition coefficient (Wildman–Crippen LogP) is 11.9. The van der Waals surface area contributed by atoms with E-state index in [1.165, 1.54) is 54.4 Å². The maximum absolute atomic E-state index is 2.37. The van der Waals surface area contributed by atoms with Crippen LogP contribution in [0.2, 0.25) is 0 Å². The van der Waals surface area contributed by atoms with Gasteiger partial charge in [-0.1, -0.05) is 115 Å². The van der Waals surface area contributed by atoms with Gasteiger partial charge in [-0.2, -0.15) is 0 Å². The average molecular weight is 569 g/mol. The van der Waals surface area contributed by atoms with Gasteiger partial charge in [-0.3, -0.25) is 0 Å². The van der Waals surface area contributed by atoms with Crippen LogP contribution < -0.4 is 9.80 Å². The van der Waals surface area contributed by atoms with E-state index < -0.39 is 0 Å². The van der Waals surface area contributed by atoms with Crippen molar-refractivity contribution in [3.05, 3.63) is 170 Å². The smallest absolute Gasteiger partial charge is 0.0602 e. The minimum atomic E-state index is 1.13. The van der Waals surface area contributed by atoms with Crippen LogP contribution in [0.3, 0.4) is 0 Å². The lowest BCUT2D eigenvalue weighted by Gasteiger charge is -2.33. The van der Waals surface area contributed by atoms with Gasteiger partial charge in [-0.15, -0.1) is 0 Å². The molecular formula is C40H28N2S. The van der Waals surface area contributed by atoms with Crippen LogP contribution in [0.25, 0.3) is 21.9 Å². The fourth-order valence-corrected chi connectivity index (χ4v) is 7.10. The second-order valence-electron chi connectivity index (χ2n) is 10.6. The van der Waals surface area contributed by atoms with E-state index in [1.54, 1.807) is 0 Å². The van der Waals surface area contributed by atoms with E-state index in [1.807, 2.05) is 11.8 Å². The van der Waals surface area contributed by atoms with Crippen LogP contribution in [0, 0.1) is 0 Å². The molecular weight excluding hydrogens is 541 g/mol. The van der Waals surface area contributed by atoms with Crippen molar-refractivity contribution < 1.29 is 0 Å². The Morgan fingerprint density at radius 1 is 0.442 bits per heavy atom. The molecule has 0 aliphatic carbocycles. The van der Waals surface area contributed by atoms with Gasteiger partial charge in [0, 0.05) is 32.2 Å². The fraction of sp³-hybridized carbons (Fsp3) is 0. The Kier molecular flexibility index (Phi) is 6.43. The number of benzene rings is 7. The maximum atomic E-state index is 2.37.